The van der Waals surface area contributed by atoms with E-state index < -0.39 is 0 Å². The Kier molecular flexibility index (Phi) is 8.99. The van der Waals surface area contributed by atoms with Crippen LogP contribution < -0.4 is 10.1 Å². The molecule has 1 fully saturated rings. The average molecular weight is 347 g/mol. The highest BCUT2D eigenvalue weighted by atomic mass is 35.5. The van der Waals surface area contributed by atoms with Crippen molar-refractivity contribution in [2.45, 2.75) is 38.5 Å². The van der Waals surface area contributed by atoms with Gasteiger partial charge in [0.1, 0.15) is 5.75 Å². The maximum atomic E-state index is 5.91. The van der Waals surface area contributed by atoms with E-state index in [-0.39, 0.29) is 24.8 Å². The van der Waals surface area contributed by atoms with E-state index in [0.29, 0.717) is 0 Å². The first-order chi connectivity index (χ1) is 9.92. The summed E-state index contributed by atoms with van der Waals surface area (Å²) in [4.78, 5) is 2.57. The molecule has 0 aromatic heterocycles. The van der Waals surface area contributed by atoms with Crippen molar-refractivity contribution in [2.75, 3.05) is 38.1 Å². The van der Waals surface area contributed by atoms with Crippen LogP contribution in [-0.4, -0.2) is 37.7 Å². The summed E-state index contributed by atoms with van der Waals surface area (Å²) in [5.74, 6) is 1.03. The quantitative estimate of drug-likeness (QED) is 0.810. The van der Waals surface area contributed by atoms with Crippen molar-refractivity contribution in [1.82, 2.24) is 4.90 Å². The van der Waals surface area contributed by atoms with Gasteiger partial charge in [-0.15, -0.1) is 24.8 Å². The Morgan fingerprint density at radius 3 is 2.68 bits per heavy atom. The van der Waals surface area contributed by atoms with Crippen molar-refractivity contribution >= 4 is 30.5 Å². The molecule has 0 unspecified atom stereocenters. The topological polar surface area (TPSA) is 24.5 Å². The molecular formula is C17H28Cl2N2O. The largest absolute Gasteiger partial charge is 0.494 e. The number of fused-ring (bicyclic) bond motifs is 1. The average Bonchev–Trinajstić information content (AvgIpc) is 2.52. The first kappa shape index (κ1) is 19.4. The Balaban J connectivity index is 0.00000121. The van der Waals surface area contributed by atoms with Crippen LogP contribution in [0.15, 0.2) is 18.2 Å². The molecule has 3 rings (SSSR count). The van der Waals surface area contributed by atoms with Gasteiger partial charge >= 0.3 is 0 Å². The Morgan fingerprint density at radius 1 is 1.05 bits per heavy atom. The van der Waals surface area contributed by atoms with Crippen LogP contribution in [-0.2, 0) is 6.42 Å². The Bertz CT molecular complexity index is 437. The third-order valence-corrected chi connectivity index (χ3v) is 4.35. The fraction of sp³-hybridized carbons (Fsp3) is 0.647. The standard InChI is InChI=1S/C17H26N2O.2ClH/c1-2-10-19(11-3-1)12-5-13-20-16-7-8-17-15(14-16)6-4-9-18-17;;/h7-8,14,18H,1-6,9-13H2;2*1H. The summed E-state index contributed by atoms with van der Waals surface area (Å²) in [5.41, 5.74) is 2.70. The zero-order valence-electron chi connectivity index (χ0n) is 13.2. The molecule has 1 saturated heterocycles. The lowest BCUT2D eigenvalue weighted by molar-refractivity contribution is 0.205. The molecule has 0 atom stereocenters. The highest BCUT2D eigenvalue weighted by molar-refractivity contribution is 5.85. The fourth-order valence-corrected chi connectivity index (χ4v) is 3.20. The first-order valence-electron chi connectivity index (χ1n) is 8.14. The second-order valence-electron chi connectivity index (χ2n) is 5.95. The molecule has 2 aliphatic rings. The van der Waals surface area contributed by atoms with Crippen molar-refractivity contribution in [2.24, 2.45) is 0 Å². The Labute approximate surface area is 146 Å². The summed E-state index contributed by atoms with van der Waals surface area (Å²) >= 11 is 0. The summed E-state index contributed by atoms with van der Waals surface area (Å²) in [6.07, 6.45) is 7.70. The van der Waals surface area contributed by atoms with Gasteiger partial charge in [0, 0.05) is 18.8 Å². The second-order valence-corrected chi connectivity index (χ2v) is 5.95. The predicted molar refractivity (Wildman–Crippen MR) is 98.2 cm³/mol. The first-order valence-corrected chi connectivity index (χ1v) is 8.14. The molecule has 5 heteroatoms. The van der Waals surface area contributed by atoms with Crippen LogP contribution >= 0.6 is 24.8 Å². The number of halogens is 2. The molecule has 0 aliphatic carbocycles. The summed E-state index contributed by atoms with van der Waals surface area (Å²) < 4.78 is 5.91. The Hall–Kier alpha value is -0.640. The number of ether oxygens (including phenoxy) is 1. The van der Waals surface area contributed by atoms with Crippen molar-refractivity contribution in [3.8, 4) is 5.75 Å². The van der Waals surface area contributed by atoms with E-state index in [2.05, 4.69) is 28.4 Å². The molecule has 1 aromatic carbocycles. The van der Waals surface area contributed by atoms with E-state index in [1.807, 2.05) is 0 Å². The van der Waals surface area contributed by atoms with Gasteiger partial charge in [-0.05, 0) is 69.0 Å². The number of nitrogens with zero attached hydrogens (tertiary/aromatic N) is 1. The van der Waals surface area contributed by atoms with Gasteiger partial charge in [0.05, 0.1) is 6.61 Å². The number of benzene rings is 1. The lowest BCUT2D eigenvalue weighted by Crippen LogP contribution is -2.31. The maximum absolute atomic E-state index is 5.91. The van der Waals surface area contributed by atoms with Crippen molar-refractivity contribution in [3.63, 3.8) is 0 Å². The molecule has 0 saturated carbocycles. The third-order valence-electron chi connectivity index (χ3n) is 4.35. The van der Waals surface area contributed by atoms with Crippen LogP contribution in [0, 0.1) is 0 Å². The van der Waals surface area contributed by atoms with Crippen molar-refractivity contribution in [1.29, 1.82) is 0 Å². The van der Waals surface area contributed by atoms with E-state index in [9.17, 15) is 0 Å². The number of hydrogen-bond donors (Lipinski definition) is 1. The number of aryl methyl sites for hydroxylation is 1. The lowest BCUT2D eigenvalue weighted by Gasteiger charge is -2.26. The lowest BCUT2D eigenvalue weighted by atomic mass is 10.0. The normalized spacial score (nSPS) is 17.5. The monoisotopic (exact) mass is 346 g/mol. The summed E-state index contributed by atoms with van der Waals surface area (Å²) in [6, 6.07) is 6.47. The summed E-state index contributed by atoms with van der Waals surface area (Å²) in [6.45, 7) is 5.69. The SMILES string of the molecule is Cl.Cl.c1cc2c(cc1OCCCN1CCCCC1)CCCN2. The maximum Gasteiger partial charge on any atom is 0.119 e. The van der Waals surface area contributed by atoms with E-state index in [1.54, 1.807) is 0 Å². The predicted octanol–water partition coefficient (Wildman–Crippen LogP) is 4.14. The smallest absolute Gasteiger partial charge is 0.119 e. The number of anilines is 1. The van der Waals surface area contributed by atoms with Gasteiger partial charge in [-0.2, -0.15) is 0 Å². The van der Waals surface area contributed by atoms with Crippen molar-refractivity contribution < 1.29 is 4.74 Å². The van der Waals surface area contributed by atoms with Crippen LogP contribution in [0.3, 0.4) is 0 Å². The second kappa shape index (κ2) is 10.2. The van der Waals surface area contributed by atoms with Gasteiger partial charge in [0.2, 0.25) is 0 Å². The zero-order valence-corrected chi connectivity index (χ0v) is 14.8. The van der Waals surface area contributed by atoms with Gasteiger partial charge in [0.25, 0.3) is 0 Å². The van der Waals surface area contributed by atoms with E-state index in [4.69, 9.17) is 4.74 Å². The molecule has 2 heterocycles. The highest BCUT2D eigenvalue weighted by Crippen LogP contribution is 2.26. The molecule has 3 nitrogen and oxygen atoms in total. The van der Waals surface area contributed by atoms with E-state index >= 15 is 0 Å². The van der Waals surface area contributed by atoms with E-state index in [0.717, 1.165) is 25.3 Å². The molecule has 0 radical (unpaired) electrons. The molecule has 1 aromatic rings. The van der Waals surface area contributed by atoms with Crippen molar-refractivity contribution in [3.05, 3.63) is 23.8 Å². The molecule has 2 aliphatic heterocycles. The molecule has 0 amide bonds. The summed E-state index contributed by atoms with van der Waals surface area (Å²) in [5, 5.41) is 3.44. The fourth-order valence-electron chi connectivity index (χ4n) is 3.20. The van der Waals surface area contributed by atoms with Gasteiger partial charge in [-0.25, -0.2) is 0 Å². The third kappa shape index (κ3) is 5.53. The number of nitrogens with one attached hydrogen (secondary N) is 1. The van der Waals surface area contributed by atoms with Crippen LogP contribution in [0.4, 0.5) is 5.69 Å². The van der Waals surface area contributed by atoms with Gasteiger partial charge < -0.3 is 15.0 Å². The molecule has 0 bridgehead atoms. The highest BCUT2D eigenvalue weighted by Gasteiger charge is 2.10. The van der Waals surface area contributed by atoms with Gasteiger partial charge in [-0.1, -0.05) is 6.42 Å². The summed E-state index contributed by atoms with van der Waals surface area (Å²) in [7, 11) is 0. The number of piperidine rings is 1. The van der Waals surface area contributed by atoms with Crippen LogP contribution in [0.2, 0.25) is 0 Å². The zero-order chi connectivity index (χ0) is 13.6. The minimum Gasteiger partial charge on any atom is -0.494 e. The van der Waals surface area contributed by atoms with Gasteiger partial charge in [-0.3, -0.25) is 0 Å². The van der Waals surface area contributed by atoms with Crippen LogP contribution in [0.5, 0.6) is 5.75 Å². The molecule has 1 N–H and O–H groups in total. The Morgan fingerprint density at radius 2 is 1.86 bits per heavy atom. The minimum atomic E-state index is 0. The molecule has 0 spiro atoms. The van der Waals surface area contributed by atoms with Crippen LogP contribution in [0.25, 0.3) is 0 Å². The molecule has 22 heavy (non-hydrogen) atoms. The van der Waals surface area contributed by atoms with Crippen LogP contribution in [0.1, 0.15) is 37.7 Å². The molecular weight excluding hydrogens is 319 g/mol. The number of rotatable bonds is 5. The van der Waals surface area contributed by atoms with E-state index in [1.165, 1.54) is 63.0 Å². The number of hydrogen-bond acceptors (Lipinski definition) is 3. The van der Waals surface area contributed by atoms with Gasteiger partial charge in [0.15, 0.2) is 0 Å². The number of likely N-dealkylation sites (tertiary alicyclic amines) is 1. The molecule has 126 valence electrons. The minimum absolute atomic E-state index is 0.